The summed E-state index contributed by atoms with van der Waals surface area (Å²) in [5, 5.41) is 0. The van der Waals surface area contributed by atoms with E-state index >= 15 is 0 Å². The Hall–Kier alpha value is -1.03. The van der Waals surface area contributed by atoms with E-state index in [0.29, 0.717) is 0 Å². The molecular weight excluding hydrogens is 174 g/mol. The summed E-state index contributed by atoms with van der Waals surface area (Å²) in [6, 6.07) is 5.55. The minimum Gasteiger partial charge on any atom is -0.283 e. The monoisotopic (exact) mass is 183 g/mol. The third-order valence-corrected chi connectivity index (χ3v) is 3.21. The van der Waals surface area contributed by atoms with Crippen LogP contribution >= 0.6 is 0 Å². The van der Waals surface area contributed by atoms with Gasteiger partial charge in [0.15, 0.2) is 0 Å². The third kappa shape index (κ3) is 1.08. The summed E-state index contributed by atoms with van der Waals surface area (Å²) in [7, 11) is -3.08. The number of hydrogen-bond donors (Lipinski definition) is 1. The highest BCUT2D eigenvalue weighted by molar-refractivity contribution is 7.92. The number of hydrogen-bond acceptors (Lipinski definition) is 2. The van der Waals surface area contributed by atoms with Crippen LogP contribution in [-0.2, 0) is 15.8 Å². The molecule has 0 bridgehead atoms. The first-order valence-corrected chi connectivity index (χ1v) is 5.33. The van der Waals surface area contributed by atoms with E-state index in [9.17, 15) is 8.42 Å². The first kappa shape index (κ1) is 7.61. The number of benzene rings is 1. The molecule has 0 unspecified atom stereocenters. The molecule has 0 saturated heterocycles. The first-order valence-electron chi connectivity index (χ1n) is 3.67. The zero-order valence-electron chi connectivity index (χ0n) is 6.66. The van der Waals surface area contributed by atoms with E-state index in [2.05, 4.69) is 4.72 Å². The Morgan fingerprint density at radius 2 is 2.17 bits per heavy atom. The van der Waals surface area contributed by atoms with Crippen LogP contribution in [0.1, 0.15) is 11.1 Å². The molecule has 0 fully saturated rings. The van der Waals surface area contributed by atoms with Crippen LogP contribution in [0.4, 0.5) is 5.69 Å². The van der Waals surface area contributed by atoms with Crippen LogP contribution in [0.5, 0.6) is 0 Å². The second-order valence-corrected chi connectivity index (χ2v) is 4.68. The Kier molecular flexibility index (Phi) is 1.41. The van der Waals surface area contributed by atoms with E-state index in [0.717, 1.165) is 16.8 Å². The molecular formula is C8H9NO2S. The largest absolute Gasteiger partial charge is 0.283 e. The van der Waals surface area contributed by atoms with Crippen molar-refractivity contribution in [3.63, 3.8) is 0 Å². The summed E-state index contributed by atoms with van der Waals surface area (Å²) in [6.45, 7) is 1.92. The van der Waals surface area contributed by atoms with E-state index in [1.54, 1.807) is 6.07 Å². The van der Waals surface area contributed by atoms with Crippen LogP contribution in [0.2, 0.25) is 0 Å². The molecule has 0 spiro atoms. The van der Waals surface area contributed by atoms with Gasteiger partial charge in [0.2, 0.25) is 10.0 Å². The fourth-order valence-electron chi connectivity index (χ4n) is 1.38. The fraction of sp³-hybridized carbons (Fsp3) is 0.250. The van der Waals surface area contributed by atoms with Gasteiger partial charge in [-0.25, -0.2) is 8.42 Å². The van der Waals surface area contributed by atoms with Gasteiger partial charge in [-0.1, -0.05) is 12.1 Å². The molecule has 1 aliphatic rings. The van der Waals surface area contributed by atoms with Crippen LogP contribution in [0.25, 0.3) is 0 Å². The van der Waals surface area contributed by atoms with Crippen molar-refractivity contribution in [1.82, 2.24) is 0 Å². The Labute approximate surface area is 71.5 Å². The number of sulfonamides is 1. The molecule has 0 atom stereocenters. The lowest BCUT2D eigenvalue weighted by Crippen LogP contribution is -2.05. The van der Waals surface area contributed by atoms with Gasteiger partial charge in [0.05, 0.1) is 11.4 Å². The van der Waals surface area contributed by atoms with E-state index < -0.39 is 10.0 Å². The molecule has 4 heteroatoms. The topological polar surface area (TPSA) is 46.2 Å². The van der Waals surface area contributed by atoms with Crippen molar-refractivity contribution < 1.29 is 8.42 Å². The van der Waals surface area contributed by atoms with Gasteiger partial charge in [-0.2, -0.15) is 0 Å². The predicted molar refractivity (Wildman–Crippen MR) is 47.4 cm³/mol. The maximum atomic E-state index is 11.1. The van der Waals surface area contributed by atoms with E-state index in [-0.39, 0.29) is 5.75 Å². The van der Waals surface area contributed by atoms with Gasteiger partial charge in [0, 0.05) is 0 Å². The molecule has 1 aromatic carbocycles. The SMILES string of the molecule is Cc1cccc2c1CS(=O)(=O)N2. The number of rotatable bonds is 0. The molecule has 0 amide bonds. The van der Waals surface area contributed by atoms with Crippen molar-refractivity contribution in [3.05, 3.63) is 29.3 Å². The summed E-state index contributed by atoms with van der Waals surface area (Å²) >= 11 is 0. The summed E-state index contributed by atoms with van der Waals surface area (Å²) in [4.78, 5) is 0. The van der Waals surface area contributed by atoms with Crippen LogP contribution in [0.15, 0.2) is 18.2 Å². The molecule has 0 radical (unpaired) electrons. The number of anilines is 1. The second kappa shape index (κ2) is 2.23. The molecule has 64 valence electrons. The fourth-order valence-corrected chi connectivity index (χ4v) is 2.74. The lowest BCUT2D eigenvalue weighted by Gasteiger charge is -1.98. The van der Waals surface area contributed by atoms with Crippen molar-refractivity contribution in [2.24, 2.45) is 0 Å². The lowest BCUT2D eigenvalue weighted by atomic mass is 10.1. The molecule has 0 aromatic heterocycles. The highest BCUT2D eigenvalue weighted by atomic mass is 32.2. The van der Waals surface area contributed by atoms with Gasteiger partial charge < -0.3 is 0 Å². The molecule has 1 aromatic rings. The van der Waals surface area contributed by atoms with Crippen molar-refractivity contribution in [2.45, 2.75) is 12.7 Å². The quantitative estimate of drug-likeness (QED) is 0.658. The first-order chi connectivity index (χ1) is 5.58. The summed E-state index contributed by atoms with van der Waals surface area (Å²) in [6.07, 6.45) is 0. The van der Waals surface area contributed by atoms with Gasteiger partial charge >= 0.3 is 0 Å². The molecule has 0 saturated carbocycles. The van der Waals surface area contributed by atoms with E-state index in [1.807, 2.05) is 19.1 Å². The predicted octanol–water partition coefficient (Wildman–Crippen LogP) is 1.25. The molecule has 1 N–H and O–H groups in total. The average molecular weight is 183 g/mol. The Balaban J connectivity index is 2.63. The van der Waals surface area contributed by atoms with Crippen molar-refractivity contribution in [2.75, 3.05) is 4.72 Å². The van der Waals surface area contributed by atoms with Gasteiger partial charge in [-0.05, 0) is 24.1 Å². The lowest BCUT2D eigenvalue weighted by molar-refractivity contribution is 0.602. The molecule has 1 heterocycles. The second-order valence-electron chi connectivity index (χ2n) is 2.96. The Bertz CT molecular complexity index is 423. The number of aryl methyl sites for hydroxylation is 1. The van der Waals surface area contributed by atoms with E-state index in [1.165, 1.54) is 0 Å². The Morgan fingerprint density at radius 3 is 2.83 bits per heavy atom. The molecule has 12 heavy (non-hydrogen) atoms. The smallest absolute Gasteiger partial charge is 0.237 e. The van der Waals surface area contributed by atoms with Gasteiger partial charge in [-0.3, -0.25) is 4.72 Å². The maximum absolute atomic E-state index is 11.1. The van der Waals surface area contributed by atoms with Crippen molar-refractivity contribution >= 4 is 15.7 Å². The minimum absolute atomic E-state index is 0.120. The van der Waals surface area contributed by atoms with Crippen LogP contribution in [0.3, 0.4) is 0 Å². The molecule has 3 nitrogen and oxygen atoms in total. The normalized spacial score (nSPS) is 18.4. The zero-order valence-corrected chi connectivity index (χ0v) is 7.48. The number of nitrogens with one attached hydrogen (secondary N) is 1. The standard InChI is InChI=1S/C8H9NO2S/c1-6-3-2-4-8-7(6)5-12(10,11)9-8/h2-4,9H,5H2,1H3. The number of fused-ring (bicyclic) bond motifs is 1. The summed E-state index contributed by atoms with van der Waals surface area (Å²) in [5.41, 5.74) is 2.66. The van der Waals surface area contributed by atoms with Gasteiger partial charge in [0.25, 0.3) is 0 Å². The minimum atomic E-state index is -3.08. The van der Waals surface area contributed by atoms with Crippen LogP contribution in [0, 0.1) is 6.92 Å². The maximum Gasteiger partial charge on any atom is 0.237 e. The van der Waals surface area contributed by atoms with Gasteiger partial charge in [0.1, 0.15) is 0 Å². The average Bonchev–Trinajstić information content (AvgIpc) is 2.25. The van der Waals surface area contributed by atoms with Crippen molar-refractivity contribution in [3.8, 4) is 0 Å². The molecule has 2 rings (SSSR count). The van der Waals surface area contributed by atoms with Gasteiger partial charge in [-0.15, -0.1) is 0 Å². The highest BCUT2D eigenvalue weighted by Gasteiger charge is 2.24. The highest BCUT2D eigenvalue weighted by Crippen LogP contribution is 2.28. The summed E-state index contributed by atoms with van der Waals surface area (Å²) in [5.74, 6) is 0.120. The zero-order chi connectivity index (χ0) is 8.77. The molecule has 1 aliphatic heterocycles. The summed E-state index contributed by atoms with van der Waals surface area (Å²) < 4.78 is 24.7. The Morgan fingerprint density at radius 1 is 1.42 bits per heavy atom. The van der Waals surface area contributed by atoms with Crippen LogP contribution in [-0.4, -0.2) is 8.42 Å². The third-order valence-electron chi connectivity index (χ3n) is 2.01. The van der Waals surface area contributed by atoms with Crippen LogP contribution < -0.4 is 4.72 Å². The van der Waals surface area contributed by atoms with Crippen molar-refractivity contribution in [1.29, 1.82) is 0 Å². The molecule has 0 aliphatic carbocycles. The van der Waals surface area contributed by atoms with E-state index in [4.69, 9.17) is 0 Å².